The molecule has 12 heteroatoms. The first kappa shape index (κ1) is 29.3. The molecule has 1 aromatic heterocycles. The standard InChI is InChI=1S/C29H34N6O6/c30-20(14-18-16-32-21-10-5-4-9-19(18)21)28(39)35-12-6-11-24(35)27(38)33-22(13-17-7-2-1-3-8-17)26(37)34-23(29(40)41)15-25(31)36/h1-5,7-10,16,20,22-24,32H,6,11-15,30H2,(H2,31,36)(H,33,38)(H,34,37)(H,40,41). The van der Waals surface area contributed by atoms with Crippen molar-refractivity contribution in [1.82, 2.24) is 20.5 Å². The van der Waals surface area contributed by atoms with Crippen LogP contribution >= 0.6 is 0 Å². The van der Waals surface area contributed by atoms with Gasteiger partial charge in [0.25, 0.3) is 0 Å². The lowest BCUT2D eigenvalue weighted by atomic mass is 10.0. The molecule has 4 rings (SSSR count). The molecule has 8 N–H and O–H groups in total. The number of H-pyrrole nitrogens is 1. The van der Waals surface area contributed by atoms with Gasteiger partial charge in [0.2, 0.25) is 23.6 Å². The van der Waals surface area contributed by atoms with Crippen LogP contribution in [0.5, 0.6) is 0 Å². The number of fused-ring (bicyclic) bond motifs is 1. The summed E-state index contributed by atoms with van der Waals surface area (Å²) in [6.45, 7) is 0.341. The SMILES string of the molecule is NC(=O)CC(NC(=O)C(Cc1ccccc1)NC(=O)C1CCCN1C(=O)C(N)Cc1c[nH]c2ccccc12)C(=O)O. The number of aliphatic carboxylic acids is 1. The van der Waals surface area contributed by atoms with Crippen LogP contribution in [0.3, 0.4) is 0 Å². The van der Waals surface area contributed by atoms with E-state index >= 15 is 0 Å². The second-order valence-corrected chi connectivity index (χ2v) is 10.2. The van der Waals surface area contributed by atoms with E-state index in [9.17, 15) is 29.1 Å². The lowest BCUT2D eigenvalue weighted by Crippen LogP contribution is -2.57. The van der Waals surface area contributed by atoms with E-state index in [-0.39, 0.29) is 18.7 Å². The van der Waals surface area contributed by atoms with E-state index in [4.69, 9.17) is 11.5 Å². The maximum absolute atomic E-state index is 13.5. The quantitative estimate of drug-likeness (QED) is 0.181. The van der Waals surface area contributed by atoms with Crippen molar-refractivity contribution < 1.29 is 29.1 Å². The Balaban J connectivity index is 1.47. The number of hydrogen-bond donors (Lipinski definition) is 6. The Labute approximate surface area is 236 Å². The second-order valence-electron chi connectivity index (χ2n) is 10.2. The molecule has 3 aromatic rings. The number of carbonyl (C=O) groups excluding carboxylic acids is 4. The Morgan fingerprint density at radius 1 is 0.976 bits per heavy atom. The van der Waals surface area contributed by atoms with E-state index in [0.717, 1.165) is 22.0 Å². The normalized spacial score (nSPS) is 17.0. The Morgan fingerprint density at radius 3 is 2.39 bits per heavy atom. The summed E-state index contributed by atoms with van der Waals surface area (Å²) in [6.07, 6.45) is 2.52. The zero-order chi connectivity index (χ0) is 29.5. The van der Waals surface area contributed by atoms with Gasteiger partial charge in [-0.15, -0.1) is 0 Å². The number of carbonyl (C=O) groups is 5. The number of nitrogens with two attached hydrogens (primary N) is 2. The maximum Gasteiger partial charge on any atom is 0.326 e. The van der Waals surface area contributed by atoms with Gasteiger partial charge in [-0.2, -0.15) is 0 Å². The van der Waals surface area contributed by atoms with Gasteiger partial charge in [0, 0.05) is 30.1 Å². The molecule has 1 aliphatic rings. The highest BCUT2D eigenvalue weighted by Crippen LogP contribution is 2.22. The average molecular weight is 563 g/mol. The lowest BCUT2D eigenvalue weighted by molar-refractivity contribution is -0.144. The molecule has 1 saturated heterocycles. The molecule has 1 fully saturated rings. The number of carboxylic acid groups (broad SMARTS) is 1. The number of aromatic amines is 1. The first-order valence-corrected chi connectivity index (χ1v) is 13.4. The highest BCUT2D eigenvalue weighted by Gasteiger charge is 2.38. The van der Waals surface area contributed by atoms with Gasteiger partial charge in [0.05, 0.1) is 12.5 Å². The maximum atomic E-state index is 13.5. The molecular weight excluding hydrogens is 528 g/mol. The molecule has 0 aliphatic carbocycles. The fourth-order valence-electron chi connectivity index (χ4n) is 5.14. The molecule has 2 aromatic carbocycles. The van der Waals surface area contributed by atoms with E-state index in [1.807, 2.05) is 30.5 Å². The summed E-state index contributed by atoms with van der Waals surface area (Å²) in [5, 5.41) is 15.4. The van der Waals surface area contributed by atoms with Crippen LogP contribution in [0.2, 0.25) is 0 Å². The summed E-state index contributed by atoms with van der Waals surface area (Å²) < 4.78 is 0. The first-order chi connectivity index (χ1) is 19.6. The predicted molar refractivity (Wildman–Crippen MR) is 150 cm³/mol. The first-order valence-electron chi connectivity index (χ1n) is 13.4. The van der Waals surface area contributed by atoms with E-state index in [1.165, 1.54) is 4.90 Å². The lowest BCUT2D eigenvalue weighted by Gasteiger charge is -2.28. The van der Waals surface area contributed by atoms with Crippen LogP contribution in [0, 0.1) is 0 Å². The molecule has 1 aliphatic heterocycles. The Morgan fingerprint density at radius 2 is 1.68 bits per heavy atom. The number of hydrogen-bond acceptors (Lipinski definition) is 6. The van der Waals surface area contributed by atoms with Gasteiger partial charge in [-0.1, -0.05) is 48.5 Å². The van der Waals surface area contributed by atoms with E-state index in [2.05, 4.69) is 15.6 Å². The predicted octanol–water partition coefficient (Wildman–Crippen LogP) is 0.201. The summed E-state index contributed by atoms with van der Waals surface area (Å²) in [5.41, 5.74) is 14.0. The van der Waals surface area contributed by atoms with Gasteiger partial charge < -0.3 is 37.1 Å². The second kappa shape index (κ2) is 13.1. The highest BCUT2D eigenvalue weighted by atomic mass is 16.4. The van der Waals surface area contributed by atoms with Crippen molar-refractivity contribution in [3.05, 3.63) is 71.9 Å². The zero-order valence-electron chi connectivity index (χ0n) is 22.4. The fourth-order valence-corrected chi connectivity index (χ4v) is 5.14. The minimum atomic E-state index is -1.55. The van der Waals surface area contributed by atoms with Crippen molar-refractivity contribution in [2.75, 3.05) is 6.54 Å². The number of primary amides is 1. The molecule has 216 valence electrons. The molecule has 12 nitrogen and oxygen atoms in total. The molecular formula is C29H34N6O6. The number of carboxylic acids is 1. The Hall–Kier alpha value is -4.71. The van der Waals surface area contributed by atoms with Crippen molar-refractivity contribution in [3.8, 4) is 0 Å². The summed E-state index contributed by atoms with van der Waals surface area (Å²) in [6, 6.07) is 12.1. The number of nitrogens with zero attached hydrogens (tertiary/aromatic N) is 1. The molecule has 0 saturated carbocycles. The number of para-hydroxylation sites is 1. The molecule has 4 atom stereocenters. The van der Waals surface area contributed by atoms with Gasteiger partial charge >= 0.3 is 5.97 Å². The third-order valence-corrected chi connectivity index (χ3v) is 7.21. The molecule has 0 spiro atoms. The number of nitrogens with one attached hydrogen (secondary N) is 3. The van der Waals surface area contributed by atoms with Crippen LogP contribution in [-0.2, 0) is 36.8 Å². The molecule has 0 radical (unpaired) electrons. The Bertz CT molecular complexity index is 1420. The molecule has 4 amide bonds. The molecule has 41 heavy (non-hydrogen) atoms. The summed E-state index contributed by atoms with van der Waals surface area (Å²) in [4.78, 5) is 67.5. The topological polar surface area (TPSA) is 201 Å². The Kier molecular flexibility index (Phi) is 9.35. The van der Waals surface area contributed by atoms with Crippen LogP contribution in [-0.4, -0.2) is 75.3 Å². The van der Waals surface area contributed by atoms with Crippen LogP contribution < -0.4 is 22.1 Å². The fraction of sp³-hybridized carbons (Fsp3) is 0.345. The van der Waals surface area contributed by atoms with Crippen LogP contribution in [0.1, 0.15) is 30.4 Å². The van der Waals surface area contributed by atoms with Crippen LogP contribution in [0.15, 0.2) is 60.8 Å². The van der Waals surface area contributed by atoms with Crippen LogP contribution in [0.4, 0.5) is 0 Å². The summed E-state index contributed by atoms with van der Waals surface area (Å²) in [7, 11) is 0. The smallest absolute Gasteiger partial charge is 0.326 e. The van der Waals surface area contributed by atoms with Crippen molar-refractivity contribution in [3.63, 3.8) is 0 Å². The van der Waals surface area contributed by atoms with E-state index < -0.39 is 54.3 Å². The highest BCUT2D eigenvalue weighted by molar-refractivity contribution is 5.95. The largest absolute Gasteiger partial charge is 0.480 e. The number of amides is 4. The van der Waals surface area contributed by atoms with Crippen molar-refractivity contribution in [2.45, 2.75) is 56.3 Å². The van der Waals surface area contributed by atoms with Gasteiger partial charge in [-0.25, -0.2) is 4.79 Å². The van der Waals surface area contributed by atoms with Crippen molar-refractivity contribution in [1.29, 1.82) is 0 Å². The van der Waals surface area contributed by atoms with Gasteiger partial charge in [0.1, 0.15) is 18.1 Å². The molecule has 4 unspecified atom stereocenters. The number of aromatic nitrogens is 1. The van der Waals surface area contributed by atoms with Crippen molar-refractivity contribution >= 4 is 40.5 Å². The van der Waals surface area contributed by atoms with Crippen LogP contribution in [0.25, 0.3) is 10.9 Å². The summed E-state index contributed by atoms with van der Waals surface area (Å²) >= 11 is 0. The minimum absolute atomic E-state index is 0.0576. The third kappa shape index (κ3) is 7.28. The monoisotopic (exact) mass is 562 g/mol. The van der Waals surface area contributed by atoms with Gasteiger partial charge in [-0.3, -0.25) is 19.2 Å². The third-order valence-electron chi connectivity index (χ3n) is 7.21. The molecule has 0 bridgehead atoms. The van der Waals surface area contributed by atoms with Crippen molar-refractivity contribution in [2.24, 2.45) is 11.5 Å². The van der Waals surface area contributed by atoms with Gasteiger partial charge in [0.15, 0.2) is 0 Å². The average Bonchev–Trinajstić information content (AvgIpc) is 3.60. The van der Waals surface area contributed by atoms with Gasteiger partial charge in [-0.05, 0) is 36.5 Å². The number of likely N-dealkylation sites (tertiary alicyclic amines) is 1. The number of rotatable bonds is 12. The van der Waals surface area contributed by atoms with E-state index in [1.54, 1.807) is 30.3 Å². The zero-order valence-corrected chi connectivity index (χ0v) is 22.4. The minimum Gasteiger partial charge on any atom is -0.480 e. The molecule has 2 heterocycles. The summed E-state index contributed by atoms with van der Waals surface area (Å²) in [5.74, 6) is -4.04. The number of benzene rings is 2. The van der Waals surface area contributed by atoms with E-state index in [0.29, 0.717) is 19.4 Å².